The highest BCUT2D eigenvalue weighted by atomic mass is 32.2. The standard InChI is InChI=1S/C18H24N4O3S/c1-3-4-10-21-15-11-13(18(23)20-2)12-16(22(24)26-19)17(15)25-14-8-6-5-7-9-14/h5-9,11-12,21,24H,3-4,10,19H2,1-2H3,(H,20,23). The number of amides is 1. The quantitative estimate of drug-likeness (QED) is 0.300. The number of unbranched alkanes of at least 4 members (excludes halogenated alkanes) is 1. The zero-order valence-electron chi connectivity index (χ0n) is 14.9. The molecule has 2 aromatic carbocycles. The topological polar surface area (TPSA) is 99.9 Å². The van der Waals surface area contributed by atoms with Gasteiger partial charge in [-0.3, -0.25) is 15.1 Å². The van der Waals surface area contributed by atoms with Gasteiger partial charge in [-0.15, -0.1) is 0 Å². The van der Waals surface area contributed by atoms with Crippen LogP contribution in [0.1, 0.15) is 30.1 Å². The van der Waals surface area contributed by atoms with Crippen LogP contribution in [-0.2, 0) is 0 Å². The Kier molecular flexibility index (Phi) is 7.58. The Labute approximate surface area is 157 Å². The van der Waals surface area contributed by atoms with Gasteiger partial charge >= 0.3 is 0 Å². The lowest BCUT2D eigenvalue weighted by atomic mass is 10.1. The molecule has 0 bridgehead atoms. The maximum Gasteiger partial charge on any atom is 0.251 e. The van der Waals surface area contributed by atoms with Crippen LogP contribution in [0.4, 0.5) is 11.4 Å². The molecule has 0 aliphatic rings. The number of hydrogen-bond donors (Lipinski definition) is 4. The van der Waals surface area contributed by atoms with E-state index in [0.29, 0.717) is 41.4 Å². The first-order valence-corrected chi connectivity index (χ1v) is 9.17. The van der Waals surface area contributed by atoms with Crippen LogP contribution in [0.5, 0.6) is 11.5 Å². The van der Waals surface area contributed by atoms with Crippen molar-refractivity contribution in [2.45, 2.75) is 19.8 Å². The molecule has 2 aromatic rings. The third-order valence-corrected chi connectivity index (χ3v) is 4.07. The van der Waals surface area contributed by atoms with Crippen molar-refractivity contribution in [2.75, 3.05) is 23.4 Å². The molecule has 0 aromatic heterocycles. The van der Waals surface area contributed by atoms with Crippen molar-refractivity contribution in [3.05, 3.63) is 48.0 Å². The van der Waals surface area contributed by atoms with E-state index in [1.54, 1.807) is 13.1 Å². The number of nitrogens with zero attached hydrogens (tertiary/aromatic N) is 1. The summed E-state index contributed by atoms with van der Waals surface area (Å²) in [5, 5.41) is 21.6. The van der Waals surface area contributed by atoms with Crippen LogP contribution in [0, 0.1) is 0 Å². The zero-order valence-corrected chi connectivity index (χ0v) is 15.7. The molecule has 0 aliphatic carbocycles. The minimum atomic E-state index is -0.272. The number of nitrogens with one attached hydrogen (secondary N) is 2. The maximum absolute atomic E-state index is 12.1. The Bertz CT molecular complexity index is 728. The van der Waals surface area contributed by atoms with E-state index in [-0.39, 0.29) is 11.6 Å². The van der Waals surface area contributed by atoms with Gasteiger partial charge in [-0.2, -0.15) is 4.47 Å². The molecule has 0 fully saturated rings. The van der Waals surface area contributed by atoms with E-state index in [0.717, 1.165) is 17.3 Å². The van der Waals surface area contributed by atoms with Gasteiger partial charge in [0, 0.05) is 19.2 Å². The lowest BCUT2D eigenvalue weighted by molar-refractivity contribution is 0.0963. The third-order valence-electron chi connectivity index (χ3n) is 3.67. The highest BCUT2D eigenvalue weighted by molar-refractivity contribution is 7.98. The van der Waals surface area contributed by atoms with Crippen molar-refractivity contribution >= 4 is 29.4 Å². The first kappa shape index (κ1) is 19.9. The molecule has 7 nitrogen and oxygen atoms in total. The first-order chi connectivity index (χ1) is 12.6. The molecule has 0 saturated carbocycles. The van der Waals surface area contributed by atoms with Gasteiger partial charge in [0.25, 0.3) is 5.91 Å². The Morgan fingerprint density at radius 3 is 2.65 bits per heavy atom. The lowest BCUT2D eigenvalue weighted by Crippen LogP contribution is -2.20. The van der Waals surface area contributed by atoms with E-state index in [2.05, 4.69) is 17.6 Å². The third kappa shape index (κ3) is 5.04. The normalized spacial score (nSPS) is 10.3. The molecule has 0 saturated heterocycles. The summed E-state index contributed by atoms with van der Waals surface area (Å²) in [4.78, 5) is 12.1. The van der Waals surface area contributed by atoms with Crippen LogP contribution >= 0.6 is 12.1 Å². The minimum Gasteiger partial charge on any atom is -0.453 e. The Balaban J connectivity index is 2.52. The number of rotatable bonds is 9. The molecule has 5 N–H and O–H groups in total. The summed E-state index contributed by atoms with van der Waals surface area (Å²) in [6.07, 6.45) is 1.98. The molecule has 2 rings (SSSR count). The molecule has 8 heteroatoms. The summed E-state index contributed by atoms with van der Waals surface area (Å²) < 4.78 is 6.77. The summed E-state index contributed by atoms with van der Waals surface area (Å²) in [7, 11) is 1.55. The van der Waals surface area contributed by atoms with Crippen LogP contribution < -0.4 is 25.0 Å². The van der Waals surface area contributed by atoms with Crippen molar-refractivity contribution in [1.82, 2.24) is 5.32 Å². The summed E-state index contributed by atoms with van der Waals surface area (Å²) in [6, 6.07) is 12.4. The van der Waals surface area contributed by atoms with Crippen molar-refractivity contribution in [3.8, 4) is 11.5 Å². The molecular formula is C18H24N4O3S. The molecule has 0 aliphatic heterocycles. The number of benzene rings is 2. The Morgan fingerprint density at radius 1 is 1.31 bits per heavy atom. The smallest absolute Gasteiger partial charge is 0.251 e. The van der Waals surface area contributed by atoms with Crippen LogP contribution in [0.15, 0.2) is 42.5 Å². The highest BCUT2D eigenvalue weighted by Crippen LogP contribution is 2.41. The second-order valence-electron chi connectivity index (χ2n) is 5.52. The summed E-state index contributed by atoms with van der Waals surface area (Å²) in [6.45, 7) is 2.80. The maximum atomic E-state index is 12.1. The van der Waals surface area contributed by atoms with Gasteiger partial charge in [0.05, 0.1) is 17.8 Å². The molecule has 0 atom stereocenters. The minimum absolute atomic E-state index is 0.272. The van der Waals surface area contributed by atoms with E-state index < -0.39 is 0 Å². The van der Waals surface area contributed by atoms with Gasteiger partial charge in [-0.25, -0.2) is 0 Å². The van der Waals surface area contributed by atoms with E-state index in [9.17, 15) is 10.0 Å². The fourth-order valence-electron chi connectivity index (χ4n) is 2.33. The number of carbonyl (C=O) groups is 1. The predicted octanol–water partition coefficient (Wildman–Crippen LogP) is 3.77. The molecule has 0 heterocycles. The van der Waals surface area contributed by atoms with E-state index in [4.69, 9.17) is 9.88 Å². The monoisotopic (exact) mass is 376 g/mol. The van der Waals surface area contributed by atoms with Gasteiger partial charge in [0.1, 0.15) is 11.4 Å². The number of ether oxygens (including phenoxy) is 1. The number of para-hydroxylation sites is 1. The zero-order chi connectivity index (χ0) is 18.9. The van der Waals surface area contributed by atoms with Gasteiger partial charge in [0.2, 0.25) is 0 Å². The molecule has 140 valence electrons. The van der Waals surface area contributed by atoms with Crippen molar-refractivity contribution in [1.29, 1.82) is 0 Å². The number of nitrogens with two attached hydrogens (primary N) is 1. The molecule has 0 spiro atoms. The number of anilines is 2. The largest absolute Gasteiger partial charge is 0.453 e. The fourth-order valence-corrected chi connectivity index (χ4v) is 2.58. The average molecular weight is 376 g/mol. The molecule has 1 amide bonds. The van der Waals surface area contributed by atoms with Crippen LogP contribution in [0.25, 0.3) is 0 Å². The van der Waals surface area contributed by atoms with E-state index in [1.807, 2.05) is 30.3 Å². The van der Waals surface area contributed by atoms with Gasteiger partial charge in [0.15, 0.2) is 5.75 Å². The van der Waals surface area contributed by atoms with E-state index in [1.165, 1.54) is 6.07 Å². The second kappa shape index (κ2) is 9.91. The predicted molar refractivity (Wildman–Crippen MR) is 106 cm³/mol. The van der Waals surface area contributed by atoms with Crippen molar-refractivity contribution < 1.29 is 14.7 Å². The molecule has 0 radical (unpaired) electrons. The molecule has 26 heavy (non-hydrogen) atoms. The van der Waals surface area contributed by atoms with Crippen LogP contribution in [0.3, 0.4) is 0 Å². The number of hydrogen-bond acceptors (Lipinski definition) is 7. The van der Waals surface area contributed by atoms with Gasteiger partial charge in [-0.1, -0.05) is 31.5 Å². The molecular weight excluding hydrogens is 352 g/mol. The summed E-state index contributed by atoms with van der Waals surface area (Å²) in [5.41, 5.74) is 1.27. The van der Waals surface area contributed by atoms with Crippen molar-refractivity contribution in [2.24, 2.45) is 5.14 Å². The van der Waals surface area contributed by atoms with Crippen LogP contribution in [0.2, 0.25) is 0 Å². The summed E-state index contributed by atoms with van der Waals surface area (Å²) >= 11 is 0.617. The first-order valence-electron chi connectivity index (χ1n) is 8.33. The van der Waals surface area contributed by atoms with Crippen molar-refractivity contribution in [3.63, 3.8) is 0 Å². The van der Waals surface area contributed by atoms with Gasteiger partial charge in [-0.05, 0) is 30.7 Å². The Hall–Kier alpha value is -2.42. The Morgan fingerprint density at radius 2 is 2.04 bits per heavy atom. The second-order valence-corrected chi connectivity index (χ2v) is 6.08. The van der Waals surface area contributed by atoms with Crippen LogP contribution in [-0.4, -0.2) is 24.7 Å². The fraction of sp³-hybridized carbons (Fsp3) is 0.278. The summed E-state index contributed by atoms with van der Waals surface area (Å²) in [5.74, 6) is 0.724. The number of carbonyl (C=O) groups excluding carboxylic acids is 1. The van der Waals surface area contributed by atoms with E-state index >= 15 is 0 Å². The SMILES string of the molecule is CCCCNc1cc(C(=O)NC)cc(N(O)SN)c1Oc1ccccc1. The molecule has 0 unspecified atom stereocenters. The average Bonchev–Trinajstić information content (AvgIpc) is 2.68. The lowest BCUT2D eigenvalue weighted by Gasteiger charge is -2.21. The van der Waals surface area contributed by atoms with Gasteiger partial charge < -0.3 is 15.4 Å². The highest BCUT2D eigenvalue weighted by Gasteiger charge is 2.20.